The molecule has 0 saturated carbocycles. The highest BCUT2D eigenvalue weighted by atomic mass is 16.5. The molecule has 2 heteroatoms. The highest BCUT2D eigenvalue weighted by Crippen LogP contribution is 2.55. The monoisotopic (exact) mass is 503 g/mol. The zero-order chi connectivity index (χ0) is 26.4. The largest absolute Gasteiger partial charge is 0.497 e. The third kappa shape index (κ3) is 4.97. The van der Waals surface area contributed by atoms with E-state index in [0.717, 1.165) is 17.1 Å². The predicted octanol–water partition coefficient (Wildman–Crippen LogP) is 10.6. The van der Waals surface area contributed by atoms with E-state index in [2.05, 4.69) is 110 Å². The lowest BCUT2D eigenvalue weighted by atomic mass is 9.70. The van der Waals surface area contributed by atoms with Gasteiger partial charge in [0.1, 0.15) is 5.75 Å². The van der Waals surface area contributed by atoms with Gasteiger partial charge in [0.25, 0.3) is 0 Å². The number of unbranched alkanes of at least 4 members (excludes halogenated alkanes) is 4. The van der Waals surface area contributed by atoms with Gasteiger partial charge in [-0.25, -0.2) is 0 Å². The average molecular weight is 504 g/mol. The summed E-state index contributed by atoms with van der Waals surface area (Å²) in [6.45, 7) is 4.62. The molecule has 0 spiro atoms. The normalized spacial score (nSPS) is 13.1. The van der Waals surface area contributed by atoms with Crippen LogP contribution in [0.25, 0.3) is 11.1 Å². The standard InChI is InChI=1S/C36H41NO/c1-4-6-13-24-36(25-14-7-5-2)34-21-12-11-20-32(34)33-23-22-30(27-35(33)36)37(28-16-9-8-10-17-28)29-18-15-19-31(26-29)38-3/h8-12,15-23,26-27H,4-7,13-14,24-25H2,1-3H3. The van der Waals surface area contributed by atoms with Crippen LogP contribution in [0.3, 0.4) is 0 Å². The lowest BCUT2D eigenvalue weighted by Crippen LogP contribution is -2.26. The van der Waals surface area contributed by atoms with Crippen LogP contribution in [0, 0.1) is 0 Å². The molecule has 5 rings (SSSR count). The maximum Gasteiger partial charge on any atom is 0.120 e. The van der Waals surface area contributed by atoms with Gasteiger partial charge in [-0.2, -0.15) is 0 Å². The second-order valence-electron chi connectivity index (χ2n) is 10.6. The maximum atomic E-state index is 5.61. The molecule has 0 fully saturated rings. The number of hydrogen-bond acceptors (Lipinski definition) is 2. The molecule has 0 aromatic heterocycles. The van der Waals surface area contributed by atoms with Crippen LogP contribution in [-0.2, 0) is 5.41 Å². The predicted molar refractivity (Wildman–Crippen MR) is 162 cm³/mol. The van der Waals surface area contributed by atoms with Crippen LogP contribution in [0.4, 0.5) is 17.1 Å². The lowest BCUT2D eigenvalue weighted by molar-refractivity contribution is 0.405. The minimum Gasteiger partial charge on any atom is -0.497 e. The molecular weight excluding hydrogens is 462 g/mol. The Bertz CT molecular complexity index is 1330. The second-order valence-corrected chi connectivity index (χ2v) is 10.6. The Balaban J connectivity index is 1.68. The van der Waals surface area contributed by atoms with Crippen molar-refractivity contribution in [1.29, 1.82) is 0 Å². The van der Waals surface area contributed by atoms with Crippen LogP contribution in [-0.4, -0.2) is 7.11 Å². The molecular formula is C36H41NO. The summed E-state index contributed by atoms with van der Waals surface area (Å²) < 4.78 is 5.61. The van der Waals surface area contributed by atoms with Gasteiger partial charge in [0.05, 0.1) is 7.11 Å². The Morgan fingerprint density at radius 3 is 1.92 bits per heavy atom. The van der Waals surface area contributed by atoms with Crippen molar-refractivity contribution in [3.05, 3.63) is 108 Å². The third-order valence-electron chi connectivity index (χ3n) is 8.25. The molecule has 0 atom stereocenters. The first-order valence-electron chi connectivity index (χ1n) is 14.5. The molecule has 0 saturated heterocycles. The number of benzene rings is 4. The van der Waals surface area contributed by atoms with E-state index < -0.39 is 0 Å². The van der Waals surface area contributed by atoms with E-state index >= 15 is 0 Å². The molecule has 38 heavy (non-hydrogen) atoms. The molecule has 1 aliphatic rings. The third-order valence-corrected chi connectivity index (χ3v) is 8.25. The van der Waals surface area contributed by atoms with E-state index in [-0.39, 0.29) is 5.41 Å². The second kappa shape index (κ2) is 11.9. The highest BCUT2D eigenvalue weighted by Gasteiger charge is 2.42. The quantitative estimate of drug-likeness (QED) is 0.178. The van der Waals surface area contributed by atoms with Crippen molar-refractivity contribution >= 4 is 17.1 Å². The van der Waals surface area contributed by atoms with Gasteiger partial charge in [0, 0.05) is 28.5 Å². The fraction of sp³-hybridized carbons (Fsp3) is 0.333. The smallest absolute Gasteiger partial charge is 0.120 e. The molecule has 4 aromatic rings. The van der Waals surface area contributed by atoms with Gasteiger partial charge in [-0.1, -0.05) is 107 Å². The number of ether oxygens (including phenoxy) is 1. The van der Waals surface area contributed by atoms with Crippen LogP contribution in [0.15, 0.2) is 97.1 Å². The van der Waals surface area contributed by atoms with Gasteiger partial charge >= 0.3 is 0 Å². The van der Waals surface area contributed by atoms with Gasteiger partial charge in [0.2, 0.25) is 0 Å². The summed E-state index contributed by atoms with van der Waals surface area (Å²) in [6, 6.07) is 35.5. The van der Waals surface area contributed by atoms with E-state index in [1.807, 2.05) is 6.07 Å². The van der Waals surface area contributed by atoms with Crippen molar-refractivity contribution in [2.24, 2.45) is 0 Å². The van der Waals surface area contributed by atoms with Gasteiger partial charge in [-0.15, -0.1) is 0 Å². The van der Waals surface area contributed by atoms with E-state index in [0.29, 0.717) is 0 Å². The molecule has 0 aliphatic heterocycles. The topological polar surface area (TPSA) is 12.5 Å². The zero-order valence-electron chi connectivity index (χ0n) is 23.2. The summed E-state index contributed by atoms with van der Waals surface area (Å²) in [7, 11) is 1.74. The van der Waals surface area contributed by atoms with Gasteiger partial charge in [-0.05, 0) is 71.5 Å². The molecule has 0 unspecified atom stereocenters. The minimum absolute atomic E-state index is 0.0724. The molecule has 196 valence electrons. The van der Waals surface area contributed by atoms with Gasteiger partial charge < -0.3 is 9.64 Å². The van der Waals surface area contributed by atoms with Crippen LogP contribution < -0.4 is 9.64 Å². The number of rotatable bonds is 12. The number of anilines is 3. The summed E-state index contributed by atoms with van der Waals surface area (Å²) in [5.41, 5.74) is 9.41. The molecule has 1 aliphatic carbocycles. The molecule has 0 bridgehead atoms. The number of nitrogens with zero attached hydrogens (tertiary/aromatic N) is 1. The van der Waals surface area contributed by atoms with Gasteiger partial charge in [0.15, 0.2) is 0 Å². The molecule has 2 nitrogen and oxygen atoms in total. The number of hydrogen-bond donors (Lipinski definition) is 0. The van der Waals surface area contributed by atoms with E-state index in [1.165, 1.54) is 79.3 Å². The summed E-state index contributed by atoms with van der Waals surface area (Å²) in [5.74, 6) is 0.866. The Morgan fingerprint density at radius 1 is 0.579 bits per heavy atom. The molecule has 4 aromatic carbocycles. The number of para-hydroxylation sites is 1. The van der Waals surface area contributed by atoms with Crippen molar-refractivity contribution in [3.63, 3.8) is 0 Å². The Kier molecular flexibility index (Phi) is 8.17. The lowest BCUT2D eigenvalue weighted by Gasteiger charge is -2.34. The van der Waals surface area contributed by atoms with E-state index in [1.54, 1.807) is 7.11 Å². The summed E-state index contributed by atoms with van der Waals surface area (Å²) in [5, 5.41) is 0. The molecule has 0 radical (unpaired) electrons. The SMILES string of the molecule is CCCCCC1(CCCCC)c2ccccc2-c2ccc(N(c3ccccc3)c3cccc(OC)c3)cc21. The van der Waals surface area contributed by atoms with Crippen molar-refractivity contribution in [2.45, 2.75) is 70.6 Å². The number of methoxy groups -OCH3 is 1. The molecule has 0 heterocycles. The molecule has 0 amide bonds. The van der Waals surface area contributed by atoms with Crippen molar-refractivity contribution < 1.29 is 4.74 Å². The Hall–Kier alpha value is -3.52. The van der Waals surface area contributed by atoms with Gasteiger partial charge in [-0.3, -0.25) is 0 Å². The Morgan fingerprint density at radius 2 is 1.21 bits per heavy atom. The average Bonchev–Trinajstić information content (AvgIpc) is 3.23. The van der Waals surface area contributed by atoms with E-state index in [9.17, 15) is 0 Å². The van der Waals surface area contributed by atoms with Crippen LogP contribution in [0.2, 0.25) is 0 Å². The van der Waals surface area contributed by atoms with Crippen LogP contribution in [0.5, 0.6) is 5.75 Å². The van der Waals surface area contributed by atoms with Crippen LogP contribution in [0.1, 0.15) is 76.3 Å². The summed E-state index contributed by atoms with van der Waals surface area (Å²) >= 11 is 0. The van der Waals surface area contributed by atoms with E-state index in [4.69, 9.17) is 4.74 Å². The fourth-order valence-electron chi connectivity index (χ4n) is 6.37. The fourth-order valence-corrected chi connectivity index (χ4v) is 6.37. The van der Waals surface area contributed by atoms with Crippen LogP contribution >= 0.6 is 0 Å². The summed E-state index contributed by atoms with van der Waals surface area (Å²) in [6.07, 6.45) is 10.0. The first-order chi connectivity index (χ1) is 18.7. The first-order valence-corrected chi connectivity index (χ1v) is 14.5. The highest BCUT2D eigenvalue weighted by molar-refractivity contribution is 5.86. The maximum absolute atomic E-state index is 5.61. The Labute approximate surface area is 229 Å². The molecule has 0 N–H and O–H groups in total. The number of fused-ring (bicyclic) bond motifs is 3. The first kappa shape index (κ1) is 26.1. The van der Waals surface area contributed by atoms with Crippen molar-refractivity contribution in [3.8, 4) is 16.9 Å². The summed E-state index contributed by atoms with van der Waals surface area (Å²) in [4.78, 5) is 2.37. The van der Waals surface area contributed by atoms with Crippen molar-refractivity contribution in [1.82, 2.24) is 0 Å². The van der Waals surface area contributed by atoms with Crippen molar-refractivity contribution in [2.75, 3.05) is 12.0 Å². The zero-order valence-corrected chi connectivity index (χ0v) is 23.2. The minimum atomic E-state index is 0.0724.